The number of carboxylic acid groups (broad SMARTS) is 1. The number of thiophene rings is 1. The van der Waals surface area contributed by atoms with Crippen LogP contribution in [0, 0.1) is 5.92 Å². The van der Waals surface area contributed by atoms with Crippen molar-refractivity contribution in [2.24, 2.45) is 5.92 Å². The zero-order valence-electron chi connectivity index (χ0n) is 13.0. The molecule has 0 bridgehead atoms. The van der Waals surface area contributed by atoms with Crippen LogP contribution in [0.1, 0.15) is 45.0 Å². The van der Waals surface area contributed by atoms with Crippen molar-refractivity contribution in [1.82, 2.24) is 10.6 Å². The number of hydrogen-bond donors (Lipinski definition) is 3. The molecular weight excluding hydrogens is 288 g/mol. The Kier molecular flexibility index (Phi) is 6.36. The number of amides is 1. The first-order valence-corrected chi connectivity index (χ1v) is 7.99. The highest BCUT2D eigenvalue weighted by Crippen LogP contribution is 2.25. The Hall–Kier alpha value is -1.40. The summed E-state index contributed by atoms with van der Waals surface area (Å²) in [5, 5.41) is 16.9. The molecule has 118 valence electrons. The predicted molar refractivity (Wildman–Crippen MR) is 84.4 cm³/mol. The van der Waals surface area contributed by atoms with Gasteiger partial charge in [0.15, 0.2) is 0 Å². The second-order valence-corrected chi connectivity index (χ2v) is 6.63. The molecule has 2 atom stereocenters. The van der Waals surface area contributed by atoms with Crippen molar-refractivity contribution >= 4 is 23.2 Å². The average molecular weight is 312 g/mol. The molecular formula is C15H24N2O3S. The summed E-state index contributed by atoms with van der Waals surface area (Å²) >= 11 is 1.61. The summed E-state index contributed by atoms with van der Waals surface area (Å²) < 4.78 is 0. The molecule has 0 saturated carbocycles. The number of carbonyl (C=O) groups is 2. The molecule has 21 heavy (non-hydrogen) atoms. The van der Waals surface area contributed by atoms with Gasteiger partial charge in [-0.3, -0.25) is 14.9 Å². The largest absolute Gasteiger partial charge is 0.480 e. The number of hydrogen-bond acceptors (Lipinski definition) is 4. The lowest BCUT2D eigenvalue weighted by Gasteiger charge is -2.26. The minimum absolute atomic E-state index is 0.00870. The minimum Gasteiger partial charge on any atom is -0.480 e. The number of rotatable bonds is 8. The maximum atomic E-state index is 12.1. The number of carboxylic acids is 1. The van der Waals surface area contributed by atoms with Gasteiger partial charge in [0.25, 0.3) is 0 Å². The van der Waals surface area contributed by atoms with Crippen LogP contribution in [-0.4, -0.2) is 29.1 Å². The lowest BCUT2D eigenvalue weighted by atomic mass is 9.99. The quantitative estimate of drug-likeness (QED) is 0.689. The van der Waals surface area contributed by atoms with Crippen LogP contribution in [-0.2, 0) is 9.59 Å². The van der Waals surface area contributed by atoms with E-state index in [1.54, 1.807) is 25.2 Å². The van der Waals surface area contributed by atoms with Gasteiger partial charge in [-0.2, -0.15) is 0 Å². The Morgan fingerprint density at radius 3 is 2.52 bits per heavy atom. The summed E-state index contributed by atoms with van der Waals surface area (Å²) in [5.41, 5.74) is -1.08. The van der Waals surface area contributed by atoms with Crippen molar-refractivity contribution in [1.29, 1.82) is 0 Å². The summed E-state index contributed by atoms with van der Waals surface area (Å²) in [4.78, 5) is 24.4. The number of aliphatic carboxylic acids is 1. The molecule has 0 spiro atoms. The van der Waals surface area contributed by atoms with Gasteiger partial charge >= 0.3 is 5.97 Å². The molecule has 5 nitrogen and oxygen atoms in total. The van der Waals surface area contributed by atoms with E-state index in [4.69, 9.17) is 0 Å². The molecule has 2 unspecified atom stereocenters. The van der Waals surface area contributed by atoms with E-state index in [9.17, 15) is 14.7 Å². The minimum atomic E-state index is -1.08. The molecule has 1 rings (SSSR count). The summed E-state index contributed by atoms with van der Waals surface area (Å²) in [6.45, 7) is 7.45. The zero-order valence-corrected chi connectivity index (χ0v) is 13.8. The summed E-state index contributed by atoms with van der Waals surface area (Å²) in [6, 6.07) is 3.91. The smallest absolute Gasteiger partial charge is 0.323 e. The summed E-state index contributed by atoms with van der Waals surface area (Å²) in [7, 11) is 0. The van der Waals surface area contributed by atoms with Crippen LogP contribution < -0.4 is 10.6 Å². The lowest BCUT2D eigenvalue weighted by molar-refractivity contribution is -0.144. The topological polar surface area (TPSA) is 78.4 Å². The van der Waals surface area contributed by atoms with Gasteiger partial charge < -0.3 is 10.4 Å². The predicted octanol–water partition coefficient (Wildman–Crippen LogP) is 2.40. The highest BCUT2D eigenvalue weighted by atomic mass is 32.1. The first-order valence-electron chi connectivity index (χ1n) is 7.11. The van der Waals surface area contributed by atoms with E-state index >= 15 is 0 Å². The van der Waals surface area contributed by atoms with Crippen LogP contribution >= 0.6 is 11.3 Å². The Morgan fingerprint density at radius 1 is 1.43 bits per heavy atom. The van der Waals surface area contributed by atoms with E-state index in [1.165, 1.54) is 0 Å². The van der Waals surface area contributed by atoms with Crippen LogP contribution in [0.2, 0.25) is 0 Å². The monoisotopic (exact) mass is 312 g/mol. The Labute approximate surface area is 129 Å². The van der Waals surface area contributed by atoms with E-state index in [-0.39, 0.29) is 24.4 Å². The van der Waals surface area contributed by atoms with Crippen molar-refractivity contribution in [3.05, 3.63) is 22.4 Å². The summed E-state index contributed by atoms with van der Waals surface area (Å²) in [6.07, 6.45) is 0.411. The highest BCUT2D eigenvalue weighted by Gasteiger charge is 2.31. The van der Waals surface area contributed by atoms with E-state index in [1.807, 2.05) is 31.4 Å². The van der Waals surface area contributed by atoms with Crippen molar-refractivity contribution in [2.45, 2.75) is 45.7 Å². The zero-order chi connectivity index (χ0) is 16.0. The van der Waals surface area contributed by atoms with Gasteiger partial charge in [0.05, 0.1) is 12.6 Å². The number of carbonyl (C=O) groups excluding carboxylic acids is 1. The van der Waals surface area contributed by atoms with E-state index in [0.29, 0.717) is 6.42 Å². The summed E-state index contributed by atoms with van der Waals surface area (Å²) in [5.74, 6) is -0.871. The van der Waals surface area contributed by atoms with Crippen molar-refractivity contribution in [3.8, 4) is 0 Å². The second-order valence-electron chi connectivity index (χ2n) is 5.65. The Bertz CT molecular complexity index is 473. The van der Waals surface area contributed by atoms with Crippen LogP contribution in [0.25, 0.3) is 0 Å². The number of nitrogens with one attached hydrogen (secondary N) is 2. The lowest BCUT2D eigenvalue weighted by Crippen LogP contribution is -2.52. The van der Waals surface area contributed by atoms with Crippen LogP contribution in [0.5, 0.6) is 0 Å². The van der Waals surface area contributed by atoms with Gasteiger partial charge in [0.2, 0.25) is 5.91 Å². The molecule has 1 aromatic heterocycles. The Morgan fingerprint density at radius 2 is 2.10 bits per heavy atom. The third-order valence-electron chi connectivity index (χ3n) is 3.65. The van der Waals surface area contributed by atoms with E-state index < -0.39 is 11.5 Å². The molecule has 0 aliphatic rings. The SMILES string of the molecule is CCC(C)(NCC(=O)NC(c1cccs1)C(C)C)C(=O)O. The standard InChI is InChI=1S/C15H24N2O3S/c1-5-15(4,14(19)20)16-9-12(18)17-13(10(2)3)11-7-6-8-21-11/h6-8,10,13,16H,5,9H2,1-4H3,(H,17,18)(H,19,20). The van der Waals surface area contributed by atoms with Crippen molar-refractivity contribution in [2.75, 3.05) is 6.54 Å². The third-order valence-corrected chi connectivity index (χ3v) is 4.61. The van der Waals surface area contributed by atoms with Gasteiger partial charge in [-0.1, -0.05) is 26.8 Å². The van der Waals surface area contributed by atoms with E-state index in [0.717, 1.165) is 4.88 Å². The maximum Gasteiger partial charge on any atom is 0.323 e. The molecule has 0 radical (unpaired) electrons. The van der Waals surface area contributed by atoms with Crippen LogP contribution in [0.4, 0.5) is 0 Å². The third kappa shape index (κ3) is 4.82. The first-order chi connectivity index (χ1) is 9.80. The van der Waals surface area contributed by atoms with Gasteiger partial charge in [-0.15, -0.1) is 11.3 Å². The van der Waals surface area contributed by atoms with E-state index in [2.05, 4.69) is 10.6 Å². The fraction of sp³-hybridized carbons (Fsp3) is 0.600. The van der Waals surface area contributed by atoms with Gasteiger partial charge in [0.1, 0.15) is 5.54 Å². The van der Waals surface area contributed by atoms with Gasteiger partial charge in [-0.25, -0.2) is 0 Å². The molecule has 0 aromatic carbocycles. The average Bonchev–Trinajstić information content (AvgIpc) is 2.95. The molecule has 0 aliphatic heterocycles. The fourth-order valence-corrected chi connectivity index (χ4v) is 2.84. The second kappa shape index (κ2) is 7.56. The molecule has 1 amide bonds. The molecule has 0 saturated heterocycles. The molecule has 1 aromatic rings. The van der Waals surface area contributed by atoms with Crippen molar-refractivity contribution < 1.29 is 14.7 Å². The molecule has 6 heteroatoms. The van der Waals surface area contributed by atoms with Crippen LogP contribution in [0.15, 0.2) is 17.5 Å². The van der Waals surface area contributed by atoms with Gasteiger partial charge in [0, 0.05) is 4.88 Å². The Balaban J connectivity index is 2.62. The van der Waals surface area contributed by atoms with Crippen LogP contribution in [0.3, 0.4) is 0 Å². The van der Waals surface area contributed by atoms with Gasteiger partial charge in [-0.05, 0) is 30.7 Å². The fourth-order valence-electron chi connectivity index (χ4n) is 1.89. The van der Waals surface area contributed by atoms with Crippen molar-refractivity contribution in [3.63, 3.8) is 0 Å². The normalized spacial score (nSPS) is 15.5. The molecule has 3 N–H and O–H groups in total. The molecule has 1 heterocycles. The molecule has 0 fully saturated rings. The maximum absolute atomic E-state index is 12.1. The molecule has 0 aliphatic carbocycles. The first kappa shape index (κ1) is 17.7. The highest BCUT2D eigenvalue weighted by molar-refractivity contribution is 7.10.